The largest absolute Gasteiger partial charge is 0.341 e. The number of nitrogens with zero attached hydrogens (tertiary/aromatic N) is 2. The quantitative estimate of drug-likeness (QED) is 0.696. The molecule has 3 heteroatoms. The van der Waals surface area contributed by atoms with Crippen LogP contribution in [0.4, 0.5) is 0 Å². The first kappa shape index (κ1) is 15.0. The number of rotatable bonds is 6. The van der Waals surface area contributed by atoms with Crippen LogP contribution in [0.3, 0.4) is 0 Å². The predicted octanol–water partition coefficient (Wildman–Crippen LogP) is 2.82. The summed E-state index contributed by atoms with van der Waals surface area (Å²) < 4.78 is 0. The lowest BCUT2D eigenvalue weighted by molar-refractivity contribution is -0.138. The smallest absolute Gasteiger partial charge is 0.242 e. The van der Waals surface area contributed by atoms with Gasteiger partial charge in [0.1, 0.15) is 5.41 Å². The van der Waals surface area contributed by atoms with Crippen LogP contribution in [0.5, 0.6) is 0 Å². The maximum Gasteiger partial charge on any atom is 0.242 e. The summed E-state index contributed by atoms with van der Waals surface area (Å²) in [5, 5.41) is 8.96. The summed E-state index contributed by atoms with van der Waals surface area (Å²) >= 11 is 0. The molecule has 0 aliphatic rings. The first-order valence-electron chi connectivity index (χ1n) is 6.13. The Hall–Kier alpha value is -1.04. The molecule has 0 radical (unpaired) electrons. The number of hydrogen-bond acceptors (Lipinski definition) is 2. The third-order valence-corrected chi connectivity index (χ3v) is 3.12. The molecule has 0 bridgehead atoms. The number of amides is 1. The second-order valence-corrected chi connectivity index (χ2v) is 4.76. The van der Waals surface area contributed by atoms with E-state index in [0.29, 0.717) is 12.5 Å². The highest BCUT2D eigenvalue weighted by Gasteiger charge is 2.31. The van der Waals surface area contributed by atoms with Crippen molar-refractivity contribution in [2.45, 2.75) is 47.5 Å². The van der Waals surface area contributed by atoms with Gasteiger partial charge in [-0.15, -0.1) is 0 Å². The lowest BCUT2D eigenvalue weighted by Crippen LogP contribution is -2.42. The third kappa shape index (κ3) is 3.84. The maximum atomic E-state index is 12.1. The molecule has 0 fully saturated rings. The monoisotopic (exact) mass is 224 g/mol. The molecule has 92 valence electrons. The zero-order chi connectivity index (χ0) is 12.8. The van der Waals surface area contributed by atoms with Crippen molar-refractivity contribution in [3.8, 4) is 6.07 Å². The van der Waals surface area contributed by atoms with Crippen LogP contribution in [0.25, 0.3) is 0 Å². The fourth-order valence-electron chi connectivity index (χ4n) is 1.66. The van der Waals surface area contributed by atoms with Gasteiger partial charge in [-0.05, 0) is 26.7 Å². The molecule has 1 amide bonds. The van der Waals surface area contributed by atoms with Crippen LogP contribution >= 0.6 is 0 Å². The molecule has 0 heterocycles. The van der Waals surface area contributed by atoms with Crippen molar-refractivity contribution in [1.82, 2.24) is 4.90 Å². The summed E-state index contributed by atoms with van der Waals surface area (Å²) in [6.07, 6.45) is 2.15. The molecule has 0 rings (SSSR count). The summed E-state index contributed by atoms with van der Waals surface area (Å²) in [5.74, 6) is 0.489. The normalized spacial score (nSPS) is 11.3. The lowest BCUT2D eigenvalue weighted by atomic mass is 9.92. The topological polar surface area (TPSA) is 44.1 Å². The Morgan fingerprint density at radius 1 is 1.31 bits per heavy atom. The van der Waals surface area contributed by atoms with Gasteiger partial charge < -0.3 is 4.90 Å². The molecular formula is C13H24N2O. The van der Waals surface area contributed by atoms with E-state index in [1.165, 1.54) is 0 Å². The number of carbonyl (C=O) groups is 1. The van der Waals surface area contributed by atoms with Crippen molar-refractivity contribution in [3.63, 3.8) is 0 Å². The van der Waals surface area contributed by atoms with Crippen molar-refractivity contribution in [3.05, 3.63) is 0 Å². The van der Waals surface area contributed by atoms with Crippen molar-refractivity contribution in [2.24, 2.45) is 11.3 Å². The standard InChI is InChI=1S/C13H24N2O/c1-6-11(7-2)9-15(8-3)12(16)13(4,5)10-14/h11H,6-9H2,1-5H3. The van der Waals surface area contributed by atoms with Crippen LogP contribution in [-0.4, -0.2) is 23.9 Å². The second-order valence-electron chi connectivity index (χ2n) is 4.76. The van der Waals surface area contributed by atoms with E-state index in [-0.39, 0.29) is 5.91 Å². The Kier molecular flexibility index (Phi) is 6.10. The Morgan fingerprint density at radius 2 is 1.81 bits per heavy atom. The Balaban J connectivity index is 4.63. The van der Waals surface area contributed by atoms with Gasteiger partial charge in [-0.25, -0.2) is 0 Å². The molecule has 0 aromatic carbocycles. The second kappa shape index (κ2) is 6.52. The Bertz CT molecular complexity index is 262. The Labute approximate surface area is 99.4 Å². The van der Waals surface area contributed by atoms with Crippen LogP contribution in [0.1, 0.15) is 47.5 Å². The predicted molar refractivity (Wildman–Crippen MR) is 65.7 cm³/mol. The minimum atomic E-state index is -0.901. The summed E-state index contributed by atoms with van der Waals surface area (Å²) in [6.45, 7) is 11.1. The van der Waals surface area contributed by atoms with Crippen LogP contribution in [0.2, 0.25) is 0 Å². The van der Waals surface area contributed by atoms with E-state index >= 15 is 0 Å². The molecule has 0 N–H and O–H groups in total. The average Bonchev–Trinajstić information content (AvgIpc) is 2.30. The van der Waals surface area contributed by atoms with Gasteiger partial charge in [0.25, 0.3) is 0 Å². The maximum absolute atomic E-state index is 12.1. The van der Waals surface area contributed by atoms with E-state index in [4.69, 9.17) is 5.26 Å². The van der Waals surface area contributed by atoms with Crippen LogP contribution in [0.15, 0.2) is 0 Å². The van der Waals surface area contributed by atoms with Crippen LogP contribution < -0.4 is 0 Å². The highest BCUT2D eigenvalue weighted by Crippen LogP contribution is 2.19. The molecule has 0 spiro atoms. The molecule has 0 saturated carbocycles. The molecule has 0 saturated heterocycles. The van der Waals surface area contributed by atoms with Gasteiger partial charge in [-0.2, -0.15) is 5.26 Å². The molecule has 0 atom stereocenters. The summed E-state index contributed by atoms with van der Waals surface area (Å²) in [4.78, 5) is 13.9. The van der Waals surface area contributed by atoms with E-state index in [9.17, 15) is 4.79 Å². The SMILES string of the molecule is CCC(CC)CN(CC)C(=O)C(C)(C)C#N. The van der Waals surface area contributed by atoms with Gasteiger partial charge in [0.05, 0.1) is 6.07 Å². The fraction of sp³-hybridized carbons (Fsp3) is 0.846. The van der Waals surface area contributed by atoms with Gasteiger partial charge in [0, 0.05) is 13.1 Å². The summed E-state index contributed by atoms with van der Waals surface area (Å²) in [5.41, 5.74) is -0.901. The number of nitriles is 1. The summed E-state index contributed by atoms with van der Waals surface area (Å²) in [7, 11) is 0. The molecule has 0 aliphatic carbocycles. The molecule has 16 heavy (non-hydrogen) atoms. The van der Waals surface area contributed by atoms with E-state index in [0.717, 1.165) is 19.4 Å². The van der Waals surface area contributed by atoms with Gasteiger partial charge >= 0.3 is 0 Å². The molecular weight excluding hydrogens is 200 g/mol. The van der Waals surface area contributed by atoms with Crippen molar-refractivity contribution in [1.29, 1.82) is 5.26 Å². The minimum Gasteiger partial charge on any atom is -0.341 e. The molecule has 3 nitrogen and oxygen atoms in total. The zero-order valence-electron chi connectivity index (χ0n) is 11.2. The number of carbonyl (C=O) groups excluding carboxylic acids is 1. The van der Waals surface area contributed by atoms with E-state index < -0.39 is 5.41 Å². The molecule has 0 unspecified atom stereocenters. The van der Waals surface area contributed by atoms with Crippen molar-refractivity contribution in [2.75, 3.05) is 13.1 Å². The molecule has 0 aliphatic heterocycles. The number of hydrogen-bond donors (Lipinski definition) is 0. The first-order chi connectivity index (χ1) is 7.42. The Morgan fingerprint density at radius 3 is 2.12 bits per heavy atom. The molecule has 0 aromatic rings. The van der Waals surface area contributed by atoms with E-state index in [2.05, 4.69) is 19.9 Å². The van der Waals surface area contributed by atoms with Crippen molar-refractivity contribution < 1.29 is 4.79 Å². The molecule has 0 aromatic heterocycles. The highest BCUT2D eigenvalue weighted by molar-refractivity contribution is 5.84. The van der Waals surface area contributed by atoms with Gasteiger partial charge in [-0.3, -0.25) is 4.79 Å². The van der Waals surface area contributed by atoms with E-state index in [1.54, 1.807) is 18.7 Å². The first-order valence-corrected chi connectivity index (χ1v) is 6.13. The van der Waals surface area contributed by atoms with E-state index in [1.807, 2.05) is 6.92 Å². The van der Waals surface area contributed by atoms with Crippen LogP contribution in [-0.2, 0) is 4.79 Å². The fourth-order valence-corrected chi connectivity index (χ4v) is 1.66. The highest BCUT2D eigenvalue weighted by atomic mass is 16.2. The third-order valence-electron chi connectivity index (χ3n) is 3.12. The van der Waals surface area contributed by atoms with Crippen molar-refractivity contribution >= 4 is 5.91 Å². The van der Waals surface area contributed by atoms with Gasteiger partial charge in [-0.1, -0.05) is 26.7 Å². The lowest BCUT2D eigenvalue weighted by Gasteiger charge is -2.29. The van der Waals surface area contributed by atoms with Gasteiger partial charge in [0.15, 0.2) is 0 Å². The zero-order valence-corrected chi connectivity index (χ0v) is 11.2. The average molecular weight is 224 g/mol. The van der Waals surface area contributed by atoms with Crippen LogP contribution in [0, 0.1) is 22.7 Å². The van der Waals surface area contributed by atoms with Gasteiger partial charge in [0.2, 0.25) is 5.91 Å². The summed E-state index contributed by atoms with van der Waals surface area (Å²) in [6, 6.07) is 2.07. The minimum absolute atomic E-state index is 0.0515.